The lowest BCUT2D eigenvalue weighted by atomic mass is 9.88. The van der Waals surface area contributed by atoms with E-state index in [-0.39, 0.29) is 29.5 Å². The maximum absolute atomic E-state index is 13.5. The van der Waals surface area contributed by atoms with Crippen molar-refractivity contribution in [1.29, 1.82) is 5.26 Å². The molecular weight excluding hydrogens is 482 g/mol. The number of nitrogens with zero attached hydrogens (tertiary/aromatic N) is 5. The van der Waals surface area contributed by atoms with Crippen molar-refractivity contribution in [2.24, 2.45) is 5.10 Å². The lowest BCUT2D eigenvalue weighted by Crippen LogP contribution is -2.25. The number of benzene rings is 3. The Bertz CT molecular complexity index is 1630. The van der Waals surface area contributed by atoms with Crippen molar-refractivity contribution in [3.63, 3.8) is 0 Å². The summed E-state index contributed by atoms with van der Waals surface area (Å²) in [4.78, 5) is 29.6. The summed E-state index contributed by atoms with van der Waals surface area (Å²) in [6.45, 7) is -0.0414. The van der Waals surface area contributed by atoms with Gasteiger partial charge in [-0.05, 0) is 37.1 Å². The van der Waals surface area contributed by atoms with Crippen LogP contribution in [0, 0.1) is 21.4 Å². The van der Waals surface area contributed by atoms with E-state index < -0.39 is 4.92 Å². The molecule has 0 bridgehead atoms. The maximum Gasteiger partial charge on any atom is 0.311 e. The van der Waals surface area contributed by atoms with Gasteiger partial charge >= 0.3 is 5.69 Å². The molecule has 3 aromatic carbocycles. The van der Waals surface area contributed by atoms with Crippen molar-refractivity contribution in [3.8, 4) is 11.8 Å². The molecule has 1 aliphatic rings. The minimum Gasteiger partial charge on any atom is -0.481 e. The standard InChI is InChI=1S/C29H25N5O4/c30-17-21-11-4-5-12-23(21)19-38-27-22(13-8-16-26(27)34(36)37)18-31-33-28(20-9-2-1-3-10-20)32-25-15-7-6-14-24(25)29(33)35/h4-8,11-16,18,20H,1-3,9-10,19H2. The first-order valence-corrected chi connectivity index (χ1v) is 12.5. The largest absolute Gasteiger partial charge is 0.481 e. The Morgan fingerprint density at radius 2 is 1.84 bits per heavy atom. The van der Waals surface area contributed by atoms with Crippen molar-refractivity contribution in [3.05, 3.63) is 110 Å². The lowest BCUT2D eigenvalue weighted by Gasteiger charge is -2.22. The van der Waals surface area contributed by atoms with Crippen LogP contribution in [0.25, 0.3) is 10.9 Å². The van der Waals surface area contributed by atoms with Gasteiger partial charge in [0.05, 0.1) is 33.7 Å². The van der Waals surface area contributed by atoms with Gasteiger partial charge in [-0.2, -0.15) is 15.0 Å². The van der Waals surface area contributed by atoms with Crippen LogP contribution in [0.15, 0.2) is 76.6 Å². The quantitative estimate of drug-likeness (QED) is 0.180. The van der Waals surface area contributed by atoms with Crippen LogP contribution < -0.4 is 10.3 Å². The van der Waals surface area contributed by atoms with E-state index in [4.69, 9.17) is 9.72 Å². The average Bonchev–Trinajstić information content (AvgIpc) is 2.96. The molecule has 5 rings (SSSR count). The van der Waals surface area contributed by atoms with Gasteiger partial charge in [-0.25, -0.2) is 4.98 Å². The molecule has 1 aromatic heterocycles. The SMILES string of the molecule is N#Cc1ccccc1COc1c(C=Nn2c(C3CCCCC3)nc3ccccc3c2=O)cccc1[N+](=O)[O-]. The van der Waals surface area contributed by atoms with Gasteiger partial charge < -0.3 is 4.74 Å². The van der Waals surface area contributed by atoms with Crippen LogP contribution in [0.5, 0.6) is 5.75 Å². The molecule has 38 heavy (non-hydrogen) atoms. The van der Waals surface area contributed by atoms with Gasteiger partial charge in [0.2, 0.25) is 5.75 Å². The summed E-state index contributed by atoms with van der Waals surface area (Å²) < 4.78 is 7.23. The minimum absolute atomic E-state index is 0.00927. The smallest absolute Gasteiger partial charge is 0.311 e. The number of nitro benzene ring substituents is 1. The van der Waals surface area contributed by atoms with E-state index in [2.05, 4.69) is 11.2 Å². The number of para-hydroxylation sites is 2. The van der Waals surface area contributed by atoms with Gasteiger partial charge in [0.15, 0.2) is 0 Å². The number of hydrogen-bond acceptors (Lipinski definition) is 7. The molecule has 0 atom stereocenters. The zero-order chi connectivity index (χ0) is 26.5. The van der Waals surface area contributed by atoms with E-state index in [9.17, 15) is 20.2 Å². The van der Waals surface area contributed by atoms with E-state index in [0.29, 0.717) is 33.4 Å². The number of nitriles is 1. The average molecular weight is 508 g/mol. The number of aromatic nitrogens is 2. The highest BCUT2D eigenvalue weighted by Crippen LogP contribution is 2.33. The molecule has 0 amide bonds. The highest BCUT2D eigenvalue weighted by atomic mass is 16.6. The normalized spacial score (nSPS) is 14.0. The third kappa shape index (κ3) is 5.02. The van der Waals surface area contributed by atoms with Gasteiger partial charge in [0.1, 0.15) is 12.4 Å². The minimum atomic E-state index is -0.528. The molecule has 190 valence electrons. The molecule has 0 N–H and O–H groups in total. The molecule has 4 aromatic rings. The summed E-state index contributed by atoms with van der Waals surface area (Å²) in [5.74, 6) is 0.706. The third-order valence-corrected chi connectivity index (χ3v) is 6.79. The van der Waals surface area contributed by atoms with Crippen LogP contribution >= 0.6 is 0 Å². The molecule has 1 fully saturated rings. The van der Waals surface area contributed by atoms with Gasteiger partial charge in [-0.3, -0.25) is 14.9 Å². The number of fused-ring (bicyclic) bond motifs is 1. The van der Waals surface area contributed by atoms with Gasteiger partial charge in [-0.15, -0.1) is 0 Å². The lowest BCUT2D eigenvalue weighted by molar-refractivity contribution is -0.385. The zero-order valence-electron chi connectivity index (χ0n) is 20.6. The molecule has 0 spiro atoms. The monoisotopic (exact) mass is 507 g/mol. The number of ether oxygens (including phenoxy) is 1. The summed E-state index contributed by atoms with van der Waals surface area (Å²) >= 11 is 0. The second-order valence-corrected chi connectivity index (χ2v) is 9.19. The zero-order valence-corrected chi connectivity index (χ0v) is 20.6. The Kier molecular flexibility index (Phi) is 7.22. The number of hydrogen-bond donors (Lipinski definition) is 0. The van der Waals surface area contributed by atoms with Crippen molar-refractivity contribution in [2.75, 3.05) is 0 Å². The topological polar surface area (TPSA) is 123 Å². The molecule has 9 nitrogen and oxygen atoms in total. The van der Waals surface area contributed by atoms with Gasteiger partial charge in [0, 0.05) is 23.1 Å². The summed E-state index contributed by atoms with van der Waals surface area (Å²) in [6, 6.07) is 20.7. The molecule has 0 aliphatic heterocycles. The van der Waals surface area contributed by atoms with Crippen LogP contribution in [0.1, 0.15) is 60.5 Å². The second-order valence-electron chi connectivity index (χ2n) is 9.19. The van der Waals surface area contributed by atoms with Crippen LogP contribution in [-0.4, -0.2) is 20.8 Å². The molecule has 1 heterocycles. The van der Waals surface area contributed by atoms with Gasteiger partial charge in [0.25, 0.3) is 5.56 Å². The van der Waals surface area contributed by atoms with Crippen LogP contribution in [0.3, 0.4) is 0 Å². The maximum atomic E-state index is 13.5. The van der Waals surface area contributed by atoms with Crippen molar-refractivity contribution >= 4 is 22.8 Å². The fourth-order valence-corrected chi connectivity index (χ4v) is 4.85. The Morgan fingerprint density at radius 3 is 2.63 bits per heavy atom. The van der Waals surface area contributed by atoms with E-state index in [1.54, 1.807) is 48.5 Å². The predicted molar refractivity (Wildman–Crippen MR) is 143 cm³/mol. The number of nitro groups is 1. The molecule has 1 saturated carbocycles. The van der Waals surface area contributed by atoms with Crippen molar-refractivity contribution in [1.82, 2.24) is 9.66 Å². The van der Waals surface area contributed by atoms with E-state index in [1.807, 2.05) is 12.1 Å². The van der Waals surface area contributed by atoms with Crippen LogP contribution in [0.2, 0.25) is 0 Å². The van der Waals surface area contributed by atoms with Crippen LogP contribution in [-0.2, 0) is 6.61 Å². The number of rotatable bonds is 7. The van der Waals surface area contributed by atoms with Gasteiger partial charge in [-0.1, -0.05) is 55.7 Å². The van der Waals surface area contributed by atoms with Crippen LogP contribution in [0.4, 0.5) is 5.69 Å². The molecule has 0 unspecified atom stereocenters. The summed E-state index contributed by atoms with van der Waals surface area (Å²) in [7, 11) is 0. The first kappa shape index (κ1) is 24.8. The fraction of sp³-hybridized carbons (Fsp3) is 0.241. The Morgan fingerprint density at radius 1 is 1.08 bits per heavy atom. The Balaban J connectivity index is 1.58. The highest BCUT2D eigenvalue weighted by molar-refractivity contribution is 5.86. The second kappa shape index (κ2) is 11.0. The van der Waals surface area contributed by atoms with E-state index >= 15 is 0 Å². The first-order chi connectivity index (χ1) is 18.6. The molecule has 0 saturated heterocycles. The van der Waals surface area contributed by atoms with Crippen molar-refractivity contribution in [2.45, 2.75) is 44.6 Å². The van der Waals surface area contributed by atoms with Crippen molar-refractivity contribution < 1.29 is 9.66 Å². The molecule has 0 radical (unpaired) electrons. The summed E-state index contributed by atoms with van der Waals surface area (Å²) in [6.07, 6.45) is 6.52. The third-order valence-electron chi connectivity index (χ3n) is 6.79. The fourth-order valence-electron chi connectivity index (χ4n) is 4.85. The predicted octanol–water partition coefficient (Wildman–Crippen LogP) is 5.69. The molecule has 9 heteroatoms. The Labute approximate surface area is 218 Å². The molecular formula is C29H25N5O4. The van der Waals surface area contributed by atoms with E-state index in [0.717, 1.165) is 32.1 Å². The molecule has 1 aliphatic carbocycles. The Hall–Kier alpha value is -4.84. The summed E-state index contributed by atoms with van der Waals surface area (Å²) in [5, 5.41) is 26.2. The highest BCUT2D eigenvalue weighted by Gasteiger charge is 2.23. The van der Waals surface area contributed by atoms with E-state index in [1.165, 1.54) is 17.0 Å². The first-order valence-electron chi connectivity index (χ1n) is 12.5. The summed E-state index contributed by atoms with van der Waals surface area (Å²) in [5.41, 5.74) is 1.46.